The van der Waals surface area contributed by atoms with Crippen LogP contribution in [0.4, 0.5) is 13.2 Å². The molecule has 0 fully saturated rings. The predicted octanol–water partition coefficient (Wildman–Crippen LogP) is 2.97. The highest BCUT2D eigenvalue weighted by Gasteiger charge is 2.31. The van der Waals surface area contributed by atoms with Crippen molar-refractivity contribution in [2.24, 2.45) is 0 Å². The molecule has 1 rings (SSSR count). The number of hydrogen-bond donors (Lipinski definition) is 0. The van der Waals surface area contributed by atoms with E-state index in [0.717, 1.165) is 12.1 Å². The minimum absolute atomic E-state index is 0.0187. The summed E-state index contributed by atoms with van der Waals surface area (Å²) in [5, 5.41) is 0. The van der Waals surface area contributed by atoms with Crippen molar-refractivity contribution >= 4 is 21.9 Å². The number of nitrogens with zero attached hydrogens (tertiary/aromatic N) is 1. The Morgan fingerprint density at radius 1 is 1.47 bits per heavy atom. The highest BCUT2D eigenvalue weighted by atomic mass is 79.9. The summed E-state index contributed by atoms with van der Waals surface area (Å²) in [5.41, 5.74) is -0.830. The van der Waals surface area contributed by atoms with Gasteiger partial charge in [0.25, 0.3) is 0 Å². The Hall–Kier alpha value is -1.11. The third-order valence-electron chi connectivity index (χ3n) is 1.81. The van der Waals surface area contributed by atoms with E-state index in [2.05, 4.69) is 25.7 Å². The summed E-state index contributed by atoms with van der Waals surface area (Å²) in [6.45, 7) is 1.80. The normalized spacial score (nSPS) is 11.4. The zero-order valence-electron chi connectivity index (χ0n) is 8.84. The van der Waals surface area contributed by atoms with Crippen LogP contribution in [0.3, 0.4) is 0 Å². The Bertz CT molecular complexity index is 421. The Balaban J connectivity index is 2.94. The van der Waals surface area contributed by atoms with Gasteiger partial charge in [-0.1, -0.05) is 0 Å². The molecule has 7 heteroatoms. The fourth-order valence-electron chi connectivity index (χ4n) is 1.17. The second-order valence-electron chi connectivity index (χ2n) is 3.15. The van der Waals surface area contributed by atoms with E-state index in [1.54, 1.807) is 6.92 Å². The van der Waals surface area contributed by atoms with Crippen LogP contribution in [-0.4, -0.2) is 17.6 Å². The number of pyridine rings is 1. The molecule has 0 N–H and O–H groups in total. The summed E-state index contributed by atoms with van der Waals surface area (Å²) in [7, 11) is 0. The van der Waals surface area contributed by atoms with Crippen LogP contribution in [0.1, 0.15) is 18.2 Å². The summed E-state index contributed by atoms with van der Waals surface area (Å²) in [5.74, 6) is -0.605. The standard InChI is InChI=1S/C10H9BrF3NO2/c1-2-17-9(16)5-7-3-6(10(12,13)14)4-8(11)15-7/h3-4H,2,5H2,1H3. The molecule has 0 unspecified atom stereocenters. The molecule has 1 aromatic rings. The van der Waals surface area contributed by atoms with Gasteiger partial charge in [-0.15, -0.1) is 0 Å². The van der Waals surface area contributed by atoms with E-state index in [1.165, 1.54) is 0 Å². The summed E-state index contributed by atoms with van der Waals surface area (Å²) in [4.78, 5) is 14.9. The van der Waals surface area contributed by atoms with Crippen LogP contribution in [0, 0.1) is 0 Å². The summed E-state index contributed by atoms with van der Waals surface area (Å²) >= 11 is 2.87. The lowest BCUT2D eigenvalue weighted by molar-refractivity contribution is -0.143. The summed E-state index contributed by atoms with van der Waals surface area (Å²) in [6, 6.07) is 1.69. The maximum atomic E-state index is 12.5. The van der Waals surface area contributed by atoms with Gasteiger partial charge in [0.2, 0.25) is 0 Å². The third kappa shape index (κ3) is 4.33. The highest BCUT2D eigenvalue weighted by molar-refractivity contribution is 9.10. The quantitative estimate of drug-likeness (QED) is 0.636. The van der Waals surface area contributed by atoms with Crippen molar-refractivity contribution in [2.45, 2.75) is 19.5 Å². The van der Waals surface area contributed by atoms with Crippen molar-refractivity contribution in [3.05, 3.63) is 28.0 Å². The topological polar surface area (TPSA) is 39.2 Å². The number of aromatic nitrogens is 1. The minimum Gasteiger partial charge on any atom is -0.466 e. The minimum atomic E-state index is -4.46. The van der Waals surface area contributed by atoms with Crippen molar-refractivity contribution in [3.63, 3.8) is 0 Å². The van der Waals surface area contributed by atoms with Gasteiger partial charge in [-0.05, 0) is 35.0 Å². The van der Waals surface area contributed by atoms with Gasteiger partial charge in [0.15, 0.2) is 0 Å². The van der Waals surface area contributed by atoms with Crippen molar-refractivity contribution in [3.8, 4) is 0 Å². The van der Waals surface area contributed by atoms with Crippen molar-refractivity contribution in [1.29, 1.82) is 0 Å². The maximum absolute atomic E-state index is 12.5. The van der Waals surface area contributed by atoms with Crippen molar-refractivity contribution in [1.82, 2.24) is 4.98 Å². The Labute approximate surface area is 104 Å². The third-order valence-corrected chi connectivity index (χ3v) is 2.21. The molecule has 0 bridgehead atoms. The number of carbonyl (C=O) groups excluding carboxylic acids is 1. The van der Waals surface area contributed by atoms with Crippen LogP contribution in [-0.2, 0) is 22.1 Å². The van der Waals surface area contributed by atoms with Crippen LogP contribution in [0.5, 0.6) is 0 Å². The van der Waals surface area contributed by atoms with Gasteiger partial charge in [-0.2, -0.15) is 13.2 Å². The predicted molar refractivity (Wildman–Crippen MR) is 57.3 cm³/mol. The van der Waals surface area contributed by atoms with Gasteiger partial charge < -0.3 is 4.74 Å². The van der Waals surface area contributed by atoms with E-state index in [4.69, 9.17) is 0 Å². The molecule has 0 aliphatic heterocycles. The van der Waals surface area contributed by atoms with Crippen LogP contribution in [0.15, 0.2) is 16.7 Å². The van der Waals surface area contributed by atoms with E-state index in [-0.39, 0.29) is 23.3 Å². The first-order valence-electron chi connectivity index (χ1n) is 4.72. The van der Waals surface area contributed by atoms with E-state index >= 15 is 0 Å². The average Bonchev–Trinajstić information content (AvgIpc) is 2.15. The smallest absolute Gasteiger partial charge is 0.416 e. The zero-order valence-corrected chi connectivity index (χ0v) is 10.4. The first-order chi connectivity index (χ1) is 7.82. The fourth-order valence-corrected chi connectivity index (χ4v) is 1.64. The van der Waals surface area contributed by atoms with Gasteiger partial charge in [-0.25, -0.2) is 4.98 Å². The molecule has 0 aliphatic carbocycles. The van der Waals surface area contributed by atoms with E-state index < -0.39 is 17.7 Å². The molecule has 0 radical (unpaired) electrons. The van der Waals surface area contributed by atoms with E-state index in [0.29, 0.717) is 0 Å². The molecular formula is C10H9BrF3NO2. The second kappa shape index (κ2) is 5.48. The molecule has 0 spiro atoms. The Morgan fingerprint density at radius 2 is 2.12 bits per heavy atom. The fraction of sp³-hybridized carbons (Fsp3) is 0.400. The lowest BCUT2D eigenvalue weighted by atomic mass is 10.2. The first-order valence-corrected chi connectivity index (χ1v) is 5.51. The molecule has 0 aliphatic rings. The molecule has 0 saturated carbocycles. The van der Waals surface area contributed by atoms with Gasteiger partial charge in [0, 0.05) is 0 Å². The van der Waals surface area contributed by atoms with Crippen LogP contribution < -0.4 is 0 Å². The highest BCUT2D eigenvalue weighted by Crippen LogP contribution is 2.31. The summed E-state index contributed by atoms with van der Waals surface area (Å²) in [6.07, 6.45) is -4.74. The molecule has 0 saturated heterocycles. The molecule has 0 aromatic carbocycles. The Morgan fingerprint density at radius 3 is 2.65 bits per heavy atom. The monoisotopic (exact) mass is 311 g/mol. The molecule has 1 heterocycles. The number of halogens is 4. The SMILES string of the molecule is CCOC(=O)Cc1cc(C(F)(F)F)cc(Br)n1. The first kappa shape index (κ1) is 14.0. The summed E-state index contributed by atoms with van der Waals surface area (Å²) < 4.78 is 42.1. The molecule has 0 atom stereocenters. The number of rotatable bonds is 3. The van der Waals surface area contributed by atoms with Gasteiger partial charge in [-0.3, -0.25) is 4.79 Å². The van der Waals surface area contributed by atoms with Gasteiger partial charge in [0.1, 0.15) is 4.60 Å². The van der Waals surface area contributed by atoms with Crippen LogP contribution >= 0.6 is 15.9 Å². The Kier molecular flexibility index (Phi) is 4.50. The lowest BCUT2D eigenvalue weighted by Gasteiger charge is -2.09. The van der Waals surface area contributed by atoms with E-state index in [9.17, 15) is 18.0 Å². The number of carbonyl (C=O) groups is 1. The van der Waals surface area contributed by atoms with Crippen molar-refractivity contribution in [2.75, 3.05) is 6.61 Å². The lowest BCUT2D eigenvalue weighted by Crippen LogP contribution is -2.11. The second-order valence-corrected chi connectivity index (χ2v) is 3.96. The van der Waals surface area contributed by atoms with Crippen LogP contribution in [0.2, 0.25) is 0 Å². The molecule has 94 valence electrons. The van der Waals surface area contributed by atoms with Crippen molar-refractivity contribution < 1.29 is 22.7 Å². The number of esters is 1. The molecule has 3 nitrogen and oxygen atoms in total. The van der Waals surface area contributed by atoms with Crippen LogP contribution in [0.25, 0.3) is 0 Å². The largest absolute Gasteiger partial charge is 0.466 e. The average molecular weight is 312 g/mol. The number of alkyl halides is 3. The van der Waals surface area contributed by atoms with Gasteiger partial charge in [0.05, 0.1) is 24.3 Å². The zero-order chi connectivity index (χ0) is 13.1. The van der Waals surface area contributed by atoms with Gasteiger partial charge >= 0.3 is 12.1 Å². The molecule has 1 aromatic heterocycles. The molecule has 0 amide bonds. The van der Waals surface area contributed by atoms with E-state index in [1.807, 2.05) is 0 Å². The number of hydrogen-bond acceptors (Lipinski definition) is 3. The number of ether oxygens (including phenoxy) is 1. The maximum Gasteiger partial charge on any atom is 0.416 e. The molecule has 17 heavy (non-hydrogen) atoms. The molecular weight excluding hydrogens is 303 g/mol.